The molecule has 4 rings (SSSR count). The minimum Gasteiger partial charge on any atom is -0.203 e. The number of hydrogen-bond acceptors (Lipinski definition) is 0. The Kier molecular flexibility index (Phi) is 7.02. The fraction of sp³-hybridized carbons (Fsp3) is 0.310. The zero-order valence-electron chi connectivity index (χ0n) is 19.0. The first-order chi connectivity index (χ1) is 15.9. The number of rotatable bonds is 5. The second-order valence-corrected chi connectivity index (χ2v) is 8.96. The van der Waals surface area contributed by atoms with Gasteiger partial charge in [0.2, 0.25) is 0 Å². The molecule has 4 heteroatoms. The van der Waals surface area contributed by atoms with Crippen LogP contribution in [0.3, 0.4) is 0 Å². The lowest BCUT2D eigenvalue weighted by atomic mass is 9.78. The van der Waals surface area contributed by atoms with E-state index in [1.807, 2.05) is 25.1 Å². The highest BCUT2D eigenvalue weighted by Crippen LogP contribution is 2.38. The van der Waals surface area contributed by atoms with E-state index in [1.54, 1.807) is 49.4 Å². The molecule has 33 heavy (non-hydrogen) atoms. The molecule has 0 aliphatic heterocycles. The summed E-state index contributed by atoms with van der Waals surface area (Å²) >= 11 is 0. The molecule has 0 saturated heterocycles. The third-order valence-corrected chi connectivity index (χ3v) is 6.81. The van der Waals surface area contributed by atoms with Crippen LogP contribution in [0.5, 0.6) is 0 Å². The lowest BCUT2D eigenvalue weighted by Crippen LogP contribution is -2.14. The summed E-state index contributed by atoms with van der Waals surface area (Å²) in [6.07, 6.45) is 7.08. The molecule has 0 nitrogen and oxygen atoms in total. The van der Waals surface area contributed by atoms with Gasteiger partial charge < -0.3 is 0 Å². The van der Waals surface area contributed by atoms with E-state index in [2.05, 4.69) is 0 Å². The maximum Gasteiger partial charge on any atom is 0.167 e. The Hall–Kier alpha value is -2.88. The molecule has 1 aliphatic rings. The molecular weight excluding hydrogens is 424 g/mol. The van der Waals surface area contributed by atoms with Crippen molar-refractivity contribution in [3.05, 3.63) is 100 Å². The molecule has 3 aromatic carbocycles. The molecule has 0 atom stereocenters. The van der Waals surface area contributed by atoms with Gasteiger partial charge in [0.1, 0.15) is 0 Å². The highest BCUT2D eigenvalue weighted by atomic mass is 19.2. The highest BCUT2D eigenvalue weighted by Gasteiger charge is 2.25. The zero-order chi connectivity index (χ0) is 23.5. The molecular formula is C29H28F4. The number of hydrogen-bond donors (Lipinski definition) is 0. The Morgan fingerprint density at radius 1 is 0.758 bits per heavy atom. The third-order valence-electron chi connectivity index (χ3n) is 6.81. The zero-order valence-corrected chi connectivity index (χ0v) is 19.0. The second-order valence-electron chi connectivity index (χ2n) is 8.96. The van der Waals surface area contributed by atoms with Crippen LogP contribution >= 0.6 is 0 Å². The molecule has 3 aromatic rings. The number of halogens is 4. The summed E-state index contributed by atoms with van der Waals surface area (Å²) in [5, 5.41) is 0. The van der Waals surface area contributed by atoms with Crippen LogP contribution in [0, 0.1) is 36.1 Å². The smallest absolute Gasteiger partial charge is 0.167 e. The van der Waals surface area contributed by atoms with E-state index in [0.29, 0.717) is 23.1 Å². The average Bonchev–Trinajstić information content (AvgIpc) is 2.83. The second kappa shape index (κ2) is 9.94. The Morgan fingerprint density at radius 2 is 1.45 bits per heavy atom. The third kappa shape index (κ3) is 4.90. The topological polar surface area (TPSA) is 0 Å². The maximum absolute atomic E-state index is 14.7. The SMILES string of the molecule is CCc1ccc(C2CCC(C=Cc3ccc(-c4ccc(C)cc4)c(F)c3F)CC2)c(F)c1F. The molecule has 1 fully saturated rings. The molecule has 0 heterocycles. The summed E-state index contributed by atoms with van der Waals surface area (Å²) in [4.78, 5) is 0. The molecule has 0 N–H and O–H groups in total. The Balaban J connectivity index is 1.43. The number of benzene rings is 3. The first kappa shape index (κ1) is 23.3. The van der Waals surface area contributed by atoms with Gasteiger partial charge in [-0.1, -0.05) is 73.2 Å². The summed E-state index contributed by atoms with van der Waals surface area (Å²) < 4.78 is 58.1. The fourth-order valence-electron chi connectivity index (χ4n) is 4.70. The molecule has 0 radical (unpaired) electrons. The van der Waals surface area contributed by atoms with Crippen LogP contribution in [0.25, 0.3) is 17.2 Å². The summed E-state index contributed by atoms with van der Waals surface area (Å²) in [6.45, 7) is 3.75. The normalized spacial score (nSPS) is 18.7. The fourth-order valence-corrected chi connectivity index (χ4v) is 4.70. The van der Waals surface area contributed by atoms with Gasteiger partial charge in [-0.3, -0.25) is 0 Å². The maximum atomic E-state index is 14.7. The monoisotopic (exact) mass is 452 g/mol. The Labute approximate surface area is 193 Å². The van der Waals surface area contributed by atoms with Crippen molar-refractivity contribution in [2.75, 3.05) is 0 Å². The van der Waals surface area contributed by atoms with Gasteiger partial charge in [-0.05, 0) is 67.6 Å². The molecule has 0 bridgehead atoms. The van der Waals surface area contributed by atoms with Crippen molar-refractivity contribution in [3.63, 3.8) is 0 Å². The quantitative estimate of drug-likeness (QED) is 0.339. The van der Waals surface area contributed by atoms with Crippen molar-refractivity contribution >= 4 is 6.08 Å². The van der Waals surface area contributed by atoms with Crippen LogP contribution < -0.4 is 0 Å². The standard InChI is InChI=1S/C29H28F4/c1-3-20-14-16-24(28(32)26(20)30)22-11-6-19(7-12-22)8-13-23-15-17-25(29(33)27(23)31)21-9-4-18(2)5-10-21/h4-5,8-10,13-17,19,22H,3,6-7,11-12H2,1-2H3. The number of allylic oxidation sites excluding steroid dienone is 1. The van der Waals surface area contributed by atoms with Crippen LogP contribution in [-0.2, 0) is 6.42 Å². The van der Waals surface area contributed by atoms with Crippen molar-refractivity contribution in [2.45, 2.75) is 51.9 Å². The summed E-state index contributed by atoms with van der Waals surface area (Å²) in [5.41, 5.74) is 3.01. The molecule has 0 unspecified atom stereocenters. The minimum absolute atomic E-state index is 0.0157. The Bertz CT molecular complexity index is 1150. The molecule has 1 saturated carbocycles. The lowest BCUT2D eigenvalue weighted by Gasteiger charge is -2.27. The molecule has 0 spiro atoms. The summed E-state index contributed by atoms with van der Waals surface area (Å²) in [7, 11) is 0. The van der Waals surface area contributed by atoms with E-state index < -0.39 is 23.3 Å². The van der Waals surface area contributed by atoms with Gasteiger partial charge in [-0.15, -0.1) is 0 Å². The summed E-state index contributed by atoms with van der Waals surface area (Å²) in [6, 6.07) is 13.9. The van der Waals surface area contributed by atoms with Crippen LogP contribution in [0.4, 0.5) is 17.6 Å². The largest absolute Gasteiger partial charge is 0.203 e. The van der Waals surface area contributed by atoms with Gasteiger partial charge in [-0.25, -0.2) is 17.6 Å². The lowest BCUT2D eigenvalue weighted by molar-refractivity contribution is 0.364. The molecule has 0 aromatic heterocycles. The van der Waals surface area contributed by atoms with Gasteiger partial charge >= 0.3 is 0 Å². The van der Waals surface area contributed by atoms with Crippen LogP contribution in [0.1, 0.15) is 60.8 Å². The van der Waals surface area contributed by atoms with E-state index >= 15 is 0 Å². The molecule has 0 amide bonds. The van der Waals surface area contributed by atoms with Crippen molar-refractivity contribution in [2.24, 2.45) is 5.92 Å². The van der Waals surface area contributed by atoms with E-state index in [0.717, 1.165) is 31.2 Å². The van der Waals surface area contributed by atoms with Gasteiger partial charge in [-0.2, -0.15) is 0 Å². The van der Waals surface area contributed by atoms with Crippen LogP contribution in [0.2, 0.25) is 0 Å². The predicted molar refractivity (Wildman–Crippen MR) is 126 cm³/mol. The van der Waals surface area contributed by atoms with E-state index in [-0.39, 0.29) is 23.0 Å². The summed E-state index contributed by atoms with van der Waals surface area (Å²) in [5.74, 6) is -2.98. The van der Waals surface area contributed by atoms with Crippen molar-refractivity contribution in [1.82, 2.24) is 0 Å². The van der Waals surface area contributed by atoms with E-state index in [1.165, 1.54) is 0 Å². The molecule has 172 valence electrons. The van der Waals surface area contributed by atoms with E-state index in [9.17, 15) is 17.6 Å². The predicted octanol–water partition coefficient (Wildman–Crippen LogP) is 8.77. The number of aryl methyl sites for hydroxylation is 2. The van der Waals surface area contributed by atoms with Crippen molar-refractivity contribution < 1.29 is 17.6 Å². The first-order valence-corrected chi connectivity index (χ1v) is 11.6. The van der Waals surface area contributed by atoms with Crippen molar-refractivity contribution in [1.29, 1.82) is 0 Å². The minimum atomic E-state index is -0.855. The Morgan fingerprint density at radius 3 is 2.12 bits per heavy atom. The van der Waals surface area contributed by atoms with Crippen LogP contribution in [-0.4, -0.2) is 0 Å². The van der Waals surface area contributed by atoms with Gasteiger partial charge in [0.25, 0.3) is 0 Å². The van der Waals surface area contributed by atoms with E-state index in [4.69, 9.17) is 0 Å². The van der Waals surface area contributed by atoms with Gasteiger partial charge in [0.15, 0.2) is 23.3 Å². The first-order valence-electron chi connectivity index (χ1n) is 11.6. The van der Waals surface area contributed by atoms with Gasteiger partial charge in [0.05, 0.1) is 0 Å². The molecule has 1 aliphatic carbocycles. The highest BCUT2D eigenvalue weighted by molar-refractivity contribution is 5.67. The average molecular weight is 453 g/mol. The van der Waals surface area contributed by atoms with Crippen LogP contribution in [0.15, 0.2) is 54.6 Å². The van der Waals surface area contributed by atoms with Gasteiger partial charge in [0, 0.05) is 11.1 Å². The van der Waals surface area contributed by atoms with Crippen molar-refractivity contribution in [3.8, 4) is 11.1 Å².